The number of hydrogen-bond acceptors (Lipinski definition) is 3. The van der Waals surface area contributed by atoms with E-state index in [0.29, 0.717) is 6.04 Å². The Hall–Kier alpha value is -1.22. The maximum absolute atomic E-state index is 5.52. The Morgan fingerprint density at radius 3 is 2.21 bits per heavy atom. The zero-order chi connectivity index (χ0) is 13.7. The van der Waals surface area contributed by atoms with E-state index in [0.717, 1.165) is 29.4 Å². The third-order valence-corrected chi connectivity index (χ3v) is 4.21. The van der Waals surface area contributed by atoms with Crippen LogP contribution in [0.2, 0.25) is 0 Å². The number of methoxy groups -OCH3 is 2. The lowest BCUT2D eigenvalue weighted by molar-refractivity contribution is 0.352. The van der Waals surface area contributed by atoms with Gasteiger partial charge in [-0.05, 0) is 31.5 Å². The summed E-state index contributed by atoms with van der Waals surface area (Å²) >= 11 is 0. The van der Waals surface area contributed by atoms with Gasteiger partial charge in [-0.25, -0.2) is 0 Å². The first kappa shape index (κ1) is 14.2. The summed E-state index contributed by atoms with van der Waals surface area (Å²) in [5, 5.41) is 3.43. The third kappa shape index (κ3) is 3.21. The molecule has 0 aromatic heterocycles. The standard InChI is InChI=1S/C16H25NO2/c1-17-13(11-12-7-4-5-8-12)16-14(18-2)9-6-10-15(16)19-3/h6,9-10,12-13,17H,4-5,7-8,11H2,1-3H3. The lowest BCUT2D eigenvalue weighted by Crippen LogP contribution is -2.20. The summed E-state index contributed by atoms with van der Waals surface area (Å²) in [6.45, 7) is 0. The van der Waals surface area contributed by atoms with Gasteiger partial charge in [0.05, 0.1) is 19.8 Å². The van der Waals surface area contributed by atoms with Crippen LogP contribution in [-0.2, 0) is 0 Å². The maximum atomic E-state index is 5.52. The van der Waals surface area contributed by atoms with Gasteiger partial charge >= 0.3 is 0 Å². The van der Waals surface area contributed by atoms with E-state index in [4.69, 9.17) is 9.47 Å². The molecular formula is C16H25NO2. The molecule has 3 heteroatoms. The van der Waals surface area contributed by atoms with Crippen molar-refractivity contribution in [2.24, 2.45) is 5.92 Å². The van der Waals surface area contributed by atoms with Crippen LogP contribution < -0.4 is 14.8 Å². The lowest BCUT2D eigenvalue weighted by Gasteiger charge is -2.24. The van der Waals surface area contributed by atoms with Gasteiger partial charge in [0, 0.05) is 6.04 Å². The lowest BCUT2D eigenvalue weighted by atomic mass is 9.92. The molecule has 0 bridgehead atoms. The van der Waals surface area contributed by atoms with Crippen molar-refractivity contribution in [1.29, 1.82) is 0 Å². The van der Waals surface area contributed by atoms with Crippen molar-refractivity contribution in [3.63, 3.8) is 0 Å². The number of hydrogen-bond donors (Lipinski definition) is 1. The molecule has 1 fully saturated rings. The molecular weight excluding hydrogens is 238 g/mol. The van der Waals surface area contributed by atoms with Crippen molar-refractivity contribution in [2.45, 2.75) is 38.1 Å². The summed E-state index contributed by atoms with van der Waals surface area (Å²) in [6.07, 6.45) is 6.63. The first-order chi connectivity index (χ1) is 9.30. The van der Waals surface area contributed by atoms with Crippen molar-refractivity contribution in [3.8, 4) is 11.5 Å². The summed E-state index contributed by atoms with van der Waals surface area (Å²) in [5.41, 5.74) is 1.15. The average Bonchev–Trinajstić information content (AvgIpc) is 2.97. The van der Waals surface area contributed by atoms with Crippen LogP contribution in [0.25, 0.3) is 0 Å². The number of ether oxygens (including phenoxy) is 2. The number of rotatable bonds is 6. The van der Waals surface area contributed by atoms with E-state index in [2.05, 4.69) is 5.32 Å². The van der Waals surface area contributed by atoms with Crippen LogP contribution >= 0.6 is 0 Å². The first-order valence-corrected chi connectivity index (χ1v) is 7.18. The third-order valence-electron chi connectivity index (χ3n) is 4.21. The summed E-state index contributed by atoms with van der Waals surface area (Å²) < 4.78 is 11.0. The van der Waals surface area contributed by atoms with E-state index in [1.807, 2.05) is 25.2 Å². The first-order valence-electron chi connectivity index (χ1n) is 7.18. The van der Waals surface area contributed by atoms with E-state index in [-0.39, 0.29) is 0 Å². The molecule has 2 rings (SSSR count). The molecule has 0 spiro atoms. The molecule has 1 unspecified atom stereocenters. The van der Waals surface area contributed by atoms with Gasteiger partial charge < -0.3 is 14.8 Å². The molecule has 1 N–H and O–H groups in total. The second kappa shape index (κ2) is 6.80. The molecule has 1 saturated carbocycles. The van der Waals surface area contributed by atoms with Crippen LogP contribution in [0.15, 0.2) is 18.2 Å². The molecule has 1 atom stereocenters. The smallest absolute Gasteiger partial charge is 0.127 e. The number of nitrogens with one attached hydrogen (secondary N) is 1. The second-order valence-corrected chi connectivity index (χ2v) is 5.30. The Morgan fingerprint density at radius 1 is 1.16 bits per heavy atom. The van der Waals surface area contributed by atoms with Gasteiger partial charge in [0.1, 0.15) is 11.5 Å². The van der Waals surface area contributed by atoms with E-state index in [1.54, 1.807) is 14.2 Å². The molecule has 0 amide bonds. The minimum atomic E-state index is 0.300. The van der Waals surface area contributed by atoms with Crippen LogP contribution in [0.3, 0.4) is 0 Å². The topological polar surface area (TPSA) is 30.5 Å². The van der Waals surface area contributed by atoms with Crippen LogP contribution in [0.1, 0.15) is 43.7 Å². The fourth-order valence-corrected chi connectivity index (χ4v) is 3.18. The van der Waals surface area contributed by atoms with Crippen molar-refractivity contribution in [3.05, 3.63) is 23.8 Å². The Labute approximate surface area is 116 Å². The quantitative estimate of drug-likeness (QED) is 0.851. The fourth-order valence-electron chi connectivity index (χ4n) is 3.18. The normalized spacial score (nSPS) is 17.4. The Balaban J connectivity index is 2.24. The van der Waals surface area contributed by atoms with Gasteiger partial charge in [0.25, 0.3) is 0 Å². The molecule has 1 aliphatic rings. The zero-order valence-corrected chi connectivity index (χ0v) is 12.2. The maximum Gasteiger partial charge on any atom is 0.127 e. The minimum Gasteiger partial charge on any atom is -0.496 e. The van der Waals surface area contributed by atoms with Gasteiger partial charge in [0.2, 0.25) is 0 Å². The largest absolute Gasteiger partial charge is 0.496 e. The summed E-state index contributed by atoms with van der Waals surface area (Å²) in [5.74, 6) is 2.65. The van der Waals surface area contributed by atoms with Gasteiger partial charge in [-0.15, -0.1) is 0 Å². The Kier molecular flexibility index (Phi) is 5.08. The predicted octanol–water partition coefficient (Wildman–Crippen LogP) is 3.54. The highest BCUT2D eigenvalue weighted by molar-refractivity contribution is 5.47. The second-order valence-electron chi connectivity index (χ2n) is 5.30. The molecule has 1 aromatic rings. The Bertz CT molecular complexity index is 377. The molecule has 0 heterocycles. The van der Waals surface area contributed by atoms with Crippen molar-refractivity contribution < 1.29 is 9.47 Å². The SMILES string of the molecule is CNC(CC1CCCC1)c1c(OC)cccc1OC. The molecule has 1 aliphatic carbocycles. The van der Waals surface area contributed by atoms with Crippen molar-refractivity contribution in [1.82, 2.24) is 5.32 Å². The van der Waals surface area contributed by atoms with E-state index < -0.39 is 0 Å². The predicted molar refractivity (Wildman–Crippen MR) is 77.9 cm³/mol. The van der Waals surface area contributed by atoms with E-state index >= 15 is 0 Å². The summed E-state index contributed by atoms with van der Waals surface area (Å²) in [6, 6.07) is 6.30. The molecule has 0 aliphatic heterocycles. The van der Waals surface area contributed by atoms with Crippen LogP contribution in [0.4, 0.5) is 0 Å². The van der Waals surface area contributed by atoms with Crippen LogP contribution in [0.5, 0.6) is 11.5 Å². The van der Waals surface area contributed by atoms with Crippen molar-refractivity contribution in [2.75, 3.05) is 21.3 Å². The van der Waals surface area contributed by atoms with Gasteiger partial charge in [-0.1, -0.05) is 31.7 Å². The van der Waals surface area contributed by atoms with Gasteiger partial charge in [-0.3, -0.25) is 0 Å². The van der Waals surface area contributed by atoms with E-state index in [9.17, 15) is 0 Å². The minimum absolute atomic E-state index is 0.300. The molecule has 0 radical (unpaired) electrons. The van der Waals surface area contributed by atoms with Crippen molar-refractivity contribution >= 4 is 0 Å². The van der Waals surface area contributed by atoms with Crippen LogP contribution in [-0.4, -0.2) is 21.3 Å². The fraction of sp³-hybridized carbons (Fsp3) is 0.625. The zero-order valence-electron chi connectivity index (χ0n) is 12.2. The molecule has 19 heavy (non-hydrogen) atoms. The highest BCUT2D eigenvalue weighted by atomic mass is 16.5. The summed E-state index contributed by atoms with van der Waals surface area (Å²) in [7, 11) is 5.46. The van der Waals surface area contributed by atoms with Gasteiger partial charge in [-0.2, -0.15) is 0 Å². The molecule has 106 valence electrons. The van der Waals surface area contributed by atoms with E-state index in [1.165, 1.54) is 25.7 Å². The molecule has 0 saturated heterocycles. The average molecular weight is 263 g/mol. The monoisotopic (exact) mass is 263 g/mol. The number of benzene rings is 1. The highest BCUT2D eigenvalue weighted by Gasteiger charge is 2.24. The highest BCUT2D eigenvalue weighted by Crippen LogP contribution is 2.39. The summed E-state index contributed by atoms with van der Waals surface area (Å²) in [4.78, 5) is 0. The van der Waals surface area contributed by atoms with Gasteiger partial charge in [0.15, 0.2) is 0 Å². The molecule has 3 nitrogen and oxygen atoms in total. The Morgan fingerprint density at radius 2 is 1.74 bits per heavy atom. The molecule has 1 aromatic carbocycles. The van der Waals surface area contributed by atoms with Crippen LogP contribution in [0, 0.1) is 5.92 Å².